The maximum absolute atomic E-state index is 12.8. The fourth-order valence-corrected chi connectivity index (χ4v) is 9.08. The normalized spacial score (nSPS) is 49.2. The van der Waals surface area contributed by atoms with Crippen LogP contribution in [0.3, 0.4) is 0 Å². The van der Waals surface area contributed by atoms with Crippen molar-refractivity contribution in [3.8, 4) is 0 Å². The average Bonchev–Trinajstić information content (AvgIpc) is 2.95. The van der Waals surface area contributed by atoms with Crippen molar-refractivity contribution in [2.24, 2.45) is 39.9 Å². The molecule has 0 spiro atoms. The zero-order valence-corrected chi connectivity index (χ0v) is 18.5. The third-order valence-electron chi connectivity index (χ3n) is 9.72. The Bertz CT molecular complexity index is 659. The number of ketones is 1. The molecule has 27 heavy (non-hydrogen) atoms. The minimum atomic E-state index is -0.619. The molecule has 4 aliphatic carbocycles. The molecule has 152 valence electrons. The maximum atomic E-state index is 12.8. The highest BCUT2D eigenvalue weighted by Gasteiger charge is 2.67. The van der Waals surface area contributed by atoms with Crippen molar-refractivity contribution in [1.29, 1.82) is 0 Å². The molecule has 4 aliphatic rings. The lowest BCUT2D eigenvalue weighted by molar-refractivity contribution is -0.138. The fourth-order valence-electron chi connectivity index (χ4n) is 8.06. The molecule has 7 atom stereocenters. The van der Waals surface area contributed by atoms with E-state index in [9.17, 15) is 9.90 Å². The highest BCUT2D eigenvalue weighted by atomic mass is 35.5. The van der Waals surface area contributed by atoms with E-state index in [1.165, 1.54) is 12.8 Å². The van der Waals surface area contributed by atoms with E-state index in [2.05, 4.69) is 19.9 Å². The van der Waals surface area contributed by atoms with E-state index in [1.54, 1.807) is 12.5 Å². The lowest BCUT2D eigenvalue weighted by atomic mass is 9.45. The molecule has 3 fully saturated rings. The number of hydrogen-bond donors (Lipinski definition) is 1. The van der Waals surface area contributed by atoms with Crippen LogP contribution >= 0.6 is 23.2 Å². The molecule has 4 rings (SSSR count). The van der Waals surface area contributed by atoms with Gasteiger partial charge in [-0.15, -0.1) is 23.2 Å². The molecule has 0 bridgehead atoms. The van der Waals surface area contributed by atoms with Gasteiger partial charge in [-0.25, -0.2) is 0 Å². The maximum Gasteiger partial charge on any atom is 0.139 e. The second kappa shape index (κ2) is 6.74. The van der Waals surface area contributed by atoms with E-state index in [1.807, 2.05) is 0 Å². The van der Waals surface area contributed by atoms with Crippen LogP contribution in [-0.2, 0) is 4.79 Å². The molecular formula is C23H34Cl2O2. The highest BCUT2D eigenvalue weighted by Crippen LogP contribution is 2.71. The van der Waals surface area contributed by atoms with Crippen LogP contribution in [0.1, 0.15) is 72.1 Å². The van der Waals surface area contributed by atoms with Gasteiger partial charge in [0.1, 0.15) is 10.6 Å². The molecule has 0 aromatic heterocycles. The molecule has 0 aliphatic heterocycles. The van der Waals surface area contributed by atoms with Gasteiger partial charge in [0.2, 0.25) is 0 Å². The van der Waals surface area contributed by atoms with E-state index >= 15 is 0 Å². The molecule has 7 unspecified atom stereocenters. The van der Waals surface area contributed by atoms with Gasteiger partial charge in [0, 0.05) is 6.61 Å². The Balaban J connectivity index is 1.69. The van der Waals surface area contributed by atoms with Crippen molar-refractivity contribution in [1.82, 2.24) is 0 Å². The van der Waals surface area contributed by atoms with E-state index in [0.29, 0.717) is 30.3 Å². The van der Waals surface area contributed by atoms with Crippen LogP contribution in [0.25, 0.3) is 0 Å². The summed E-state index contributed by atoms with van der Waals surface area (Å²) in [5.41, 5.74) is 1.21. The molecule has 0 heterocycles. The summed E-state index contributed by atoms with van der Waals surface area (Å²) in [5, 5.41) is 9.63. The van der Waals surface area contributed by atoms with Gasteiger partial charge in [0.25, 0.3) is 0 Å². The molecule has 4 heteroatoms. The smallest absolute Gasteiger partial charge is 0.139 e. The molecule has 1 N–H and O–H groups in total. The second-order valence-electron chi connectivity index (χ2n) is 10.4. The van der Waals surface area contributed by atoms with Crippen molar-refractivity contribution >= 4 is 29.0 Å². The zero-order chi connectivity index (χ0) is 19.6. The van der Waals surface area contributed by atoms with Crippen molar-refractivity contribution in [2.75, 3.05) is 6.61 Å². The zero-order valence-electron chi connectivity index (χ0n) is 16.9. The summed E-state index contributed by atoms with van der Waals surface area (Å²) in [7, 11) is 0. The summed E-state index contributed by atoms with van der Waals surface area (Å²) in [4.78, 5) is 12.2. The summed E-state index contributed by atoms with van der Waals surface area (Å²) < 4.78 is 0. The van der Waals surface area contributed by atoms with E-state index in [-0.39, 0.29) is 16.6 Å². The topological polar surface area (TPSA) is 37.3 Å². The number of fused-ring (bicyclic) bond motifs is 5. The number of allylic oxidation sites excluding steroid dienone is 2. The van der Waals surface area contributed by atoms with Crippen LogP contribution in [0.4, 0.5) is 0 Å². The highest BCUT2D eigenvalue weighted by molar-refractivity contribution is 6.46. The lowest BCUT2D eigenvalue weighted by Crippen LogP contribution is -2.55. The molecular weight excluding hydrogens is 379 g/mol. The number of alkyl halides is 2. The lowest BCUT2D eigenvalue weighted by Gasteiger charge is -2.59. The number of carbonyl (C=O) groups is 1. The van der Waals surface area contributed by atoms with Crippen LogP contribution in [0.15, 0.2) is 11.6 Å². The Morgan fingerprint density at radius 1 is 1.19 bits per heavy atom. The number of aliphatic hydroxyl groups is 1. The van der Waals surface area contributed by atoms with Crippen molar-refractivity contribution in [2.45, 2.75) is 77.0 Å². The molecule has 0 amide bonds. The second-order valence-corrected chi connectivity index (χ2v) is 11.5. The summed E-state index contributed by atoms with van der Waals surface area (Å²) >= 11 is 13.0. The van der Waals surface area contributed by atoms with Crippen LogP contribution in [0.2, 0.25) is 0 Å². The SMILES string of the molecule is CC(=O)C1(C(Cl)Cl)CCC2C3CC=C4CC(CO)CCC4(C)C3CCC21C. The third kappa shape index (κ3) is 2.58. The predicted octanol–water partition coefficient (Wildman–Crippen LogP) is 5.94. The summed E-state index contributed by atoms with van der Waals surface area (Å²) in [6, 6.07) is 0. The van der Waals surface area contributed by atoms with E-state index in [0.717, 1.165) is 38.5 Å². The van der Waals surface area contributed by atoms with Gasteiger partial charge in [-0.2, -0.15) is 0 Å². The molecule has 0 radical (unpaired) electrons. The summed E-state index contributed by atoms with van der Waals surface area (Å²) in [5.74, 6) is 2.49. The Morgan fingerprint density at radius 2 is 1.89 bits per heavy atom. The third-order valence-corrected chi connectivity index (χ3v) is 10.5. The quantitative estimate of drug-likeness (QED) is 0.459. The minimum Gasteiger partial charge on any atom is -0.396 e. The number of rotatable bonds is 3. The molecule has 0 saturated heterocycles. The fraction of sp³-hybridized carbons (Fsp3) is 0.870. The molecule has 3 saturated carbocycles. The van der Waals surface area contributed by atoms with Gasteiger partial charge < -0.3 is 5.11 Å². The summed E-state index contributed by atoms with van der Waals surface area (Å²) in [6.07, 6.45) is 11.2. The van der Waals surface area contributed by atoms with E-state index < -0.39 is 10.3 Å². The average molecular weight is 413 g/mol. The van der Waals surface area contributed by atoms with Crippen molar-refractivity contribution in [3.63, 3.8) is 0 Å². The monoisotopic (exact) mass is 412 g/mol. The first-order valence-electron chi connectivity index (χ1n) is 10.8. The molecule has 0 aromatic rings. The van der Waals surface area contributed by atoms with Gasteiger partial charge in [-0.05, 0) is 92.8 Å². The Hall–Kier alpha value is -0.0500. The van der Waals surface area contributed by atoms with Gasteiger partial charge in [-0.3, -0.25) is 4.79 Å². The van der Waals surface area contributed by atoms with Crippen LogP contribution < -0.4 is 0 Å². The number of halogens is 2. The van der Waals surface area contributed by atoms with Crippen LogP contribution in [0, 0.1) is 39.9 Å². The van der Waals surface area contributed by atoms with Gasteiger partial charge in [0.15, 0.2) is 0 Å². The number of carbonyl (C=O) groups excluding carboxylic acids is 1. The number of Topliss-reactive ketones (excluding diaryl/α,β-unsaturated/α-hetero) is 1. The number of hydrogen-bond acceptors (Lipinski definition) is 2. The van der Waals surface area contributed by atoms with Crippen LogP contribution in [-0.4, -0.2) is 22.3 Å². The molecule has 2 nitrogen and oxygen atoms in total. The first-order chi connectivity index (χ1) is 12.7. The van der Waals surface area contributed by atoms with Crippen molar-refractivity contribution in [3.05, 3.63) is 11.6 Å². The largest absolute Gasteiger partial charge is 0.396 e. The first kappa shape index (κ1) is 20.2. The van der Waals surface area contributed by atoms with Crippen LogP contribution in [0.5, 0.6) is 0 Å². The minimum absolute atomic E-state index is 0.0851. The Kier molecular flexibility index (Phi) is 5.05. The Labute approximate surface area is 174 Å². The standard InChI is InChI=1S/C23H34Cl2O2/c1-14(27)23(20(24)25)11-8-19-17-5-4-16-12-15(13-26)6-9-21(16,2)18(17)7-10-22(19,23)3/h4,15,17-20,26H,5-13H2,1-3H3. The first-order valence-corrected chi connectivity index (χ1v) is 11.7. The number of aliphatic hydroxyl groups excluding tert-OH is 1. The Morgan fingerprint density at radius 3 is 2.52 bits per heavy atom. The van der Waals surface area contributed by atoms with Gasteiger partial charge in [-0.1, -0.05) is 25.5 Å². The van der Waals surface area contributed by atoms with Gasteiger partial charge in [0.05, 0.1) is 5.41 Å². The van der Waals surface area contributed by atoms with Gasteiger partial charge >= 0.3 is 0 Å². The summed E-state index contributed by atoms with van der Waals surface area (Å²) in [6.45, 7) is 6.80. The molecule has 0 aromatic carbocycles. The van der Waals surface area contributed by atoms with Crippen molar-refractivity contribution < 1.29 is 9.90 Å². The predicted molar refractivity (Wildman–Crippen MR) is 111 cm³/mol. The van der Waals surface area contributed by atoms with E-state index in [4.69, 9.17) is 23.2 Å².